The van der Waals surface area contributed by atoms with Crippen molar-refractivity contribution in [1.29, 1.82) is 0 Å². The van der Waals surface area contributed by atoms with E-state index in [0.717, 1.165) is 30.6 Å². The Kier molecular flexibility index (Phi) is 2.99. The van der Waals surface area contributed by atoms with E-state index in [0.29, 0.717) is 18.7 Å². The van der Waals surface area contributed by atoms with Crippen molar-refractivity contribution in [3.05, 3.63) is 23.5 Å². The van der Waals surface area contributed by atoms with Crippen LogP contribution in [0.15, 0.2) is 12.3 Å². The van der Waals surface area contributed by atoms with Gasteiger partial charge < -0.3 is 4.74 Å². The van der Waals surface area contributed by atoms with Crippen molar-refractivity contribution < 1.29 is 9.53 Å². The van der Waals surface area contributed by atoms with Crippen molar-refractivity contribution in [2.45, 2.75) is 32.6 Å². The molecule has 1 aliphatic rings. The van der Waals surface area contributed by atoms with Crippen molar-refractivity contribution in [3.63, 3.8) is 0 Å². The van der Waals surface area contributed by atoms with Crippen LogP contribution in [0.2, 0.25) is 0 Å². The van der Waals surface area contributed by atoms with Gasteiger partial charge in [0.25, 0.3) is 0 Å². The summed E-state index contributed by atoms with van der Waals surface area (Å²) in [5.74, 6) is 0.988. The first-order chi connectivity index (χ1) is 7.33. The molecule has 0 bridgehead atoms. The van der Waals surface area contributed by atoms with Gasteiger partial charge in [0.2, 0.25) is 0 Å². The molecule has 0 saturated carbocycles. The third kappa shape index (κ3) is 2.01. The summed E-state index contributed by atoms with van der Waals surface area (Å²) in [6, 6.07) is 1.85. The molecule has 0 spiro atoms. The third-order valence-corrected chi connectivity index (χ3v) is 2.66. The Hall–Kier alpha value is -1.38. The highest BCUT2D eigenvalue weighted by Gasteiger charge is 2.19. The number of fused-ring (bicyclic) bond motifs is 1. The maximum absolute atomic E-state index is 11.7. The van der Waals surface area contributed by atoms with Crippen LogP contribution < -0.4 is 4.74 Å². The Labute approximate surface area is 89.5 Å². The highest BCUT2D eigenvalue weighted by Crippen LogP contribution is 2.27. The number of aromatic nitrogens is 1. The average Bonchev–Trinajstić information content (AvgIpc) is 2.43. The molecule has 0 amide bonds. The molecule has 0 aliphatic heterocycles. The zero-order valence-corrected chi connectivity index (χ0v) is 8.95. The highest BCUT2D eigenvalue weighted by molar-refractivity contribution is 5.96. The van der Waals surface area contributed by atoms with Crippen molar-refractivity contribution >= 4 is 5.78 Å². The number of hydrogen-bond donors (Lipinski definition) is 0. The molecule has 1 heterocycles. The first-order valence-corrected chi connectivity index (χ1v) is 5.46. The summed E-state index contributed by atoms with van der Waals surface area (Å²) in [6.07, 6.45) is 5.19. The van der Waals surface area contributed by atoms with E-state index in [1.54, 1.807) is 6.20 Å². The lowest BCUT2D eigenvalue weighted by molar-refractivity contribution is 0.0977. The van der Waals surface area contributed by atoms with Gasteiger partial charge in [-0.1, -0.05) is 0 Å². The Bertz CT molecular complexity index is 374. The molecule has 2 rings (SSSR count). The molecule has 1 aromatic heterocycles. The Balaban J connectivity index is 2.43. The number of ketones is 1. The molecule has 80 valence electrons. The van der Waals surface area contributed by atoms with Gasteiger partial charge in [0.1, 0.15) is 11.4 Å². The van der Waals surface area contributed by atoms with Crippen molar-refractivity contribution in [2.75, 3.05) is 6.61 Å². The zero-order valence-electron chi connectivity index (χ0n) is 8.95. The molecule has 0 fully saturated rings. The van der Waals surface area contributed by atoms with Crippen LogP contribution in [0.25, 0.3) is 0 Å². The lowest BCUT2D eigenvalue weighted by Crippen LogP contribution is -2.06. The van der Waals surface area contributed by atoms with Gasteiger partial charge in [0, 0.05) is 18.2 Å². The van der Waals surface area contributed by atoms with Crippen LogP contribution in [-0.2, 0) is 6.42 Å². The van der Waals surface area contributed by atoms with Gasteiger partial charge in [-0.15, -0.1) is 0 Å². The number of hydrogen-bond acceptors (Lipinski definition) is 3. The van der Waals surface area contributed by atoms with E-state index in [-0.39, 0.29) is 5.78 Å². The summed E-state index contributed by atoms with van der Waals surface area (Å²) in [5, 5.41) is 0. The summed E-state index contributed by atoms with van der Waals surface area (Å²) in [6.45, 7) is 2.58. The lowest BCUT2D eigenvalue weighted by atomic mass is 10.1. The van der Waals surface area contributed by atoms with Gasteiger partial charge in [-0.05, 0) is 32.3 Å². The molecule has 0 N–H and O–H groups in total. The van der Waals surface area contributed by atoms with E-state index >= 15 is 0 Å². The van der Waals surface area contributed by atoms with Gasteiger partial charge in [-0.25, -0.2) is 0 Å². The van der Waals surface area contributed by atoms with Gasteiger partial charge >= 0.3 is 0 Å². The molecule has 3 heteroatoms. The number of nitrogens with zero attached hydrogens (tertiary/aromatic N) is 1. The molecule has 0 radical (unpaired) electrons. The first kappa shape index (κ1) is 10.1. The minimum absolute atomic E-state index is 0.157. The van der Waals surface area contributed by atoms with Gasteiger partial charge in [0.15, 0.2) is 5.78 Å². The van der Waals surface area contributed by atoms with Crippen LogP contribution in [0.5, 0.6) is 5.75 Å². The van der Waals surface area contributed by atoms with Gasteiger partial charge in [-0.2, -0.15) is 0 Å². The maximum Gasteiger partial charge on any atom is 0.181 e. The smallest absolute Gasteiger partial charge is 0.181 e. The summed E-state index contributed by atoms with van der Waals surface area (Å²) in [5.41, 5.74) is 1.63. The van der Waals surface area contributed by atoms with E-state index in [1.807, 2.05) is 13.0 Å². The van der Waals surface area contributed by atoms with Crippen LogP contribution in [0, 0.1) is 0 Å². The molecule has 1 aliphatic carbocycles. The standard InChI is InChI=1S/C12H15NO2/c1-2-15-11-7-8-13-12-9(11)5-3-4-6-10(12)14/h7-8H,2-6H2,1H3. The minimum Gasteiger partial charge on any atom is -0.493 e. The van der Waals surface area contributed by atoms with E-state index in [4.69, 9.17) is 4.74 Å². The Morgan fingerprint density at radius 3 is 3.00 bits per heavy atom. The van der Waals surface area contributed by atoms with E-state index in [2.05, 4.69) is 4.98 Å². The second kappa shape index (κ2) is 4.43. The molecule has 15 heavy (non-hydrogen) atoms. The number of pyridine rings is 1. The molecule has 0 unspecified atom stereocenters. The van der Waals surface area contributed by atoms with E-state index < -0.39 is 0 Å². The van der Waals surface area contributed by atoms with Crippen molar-refractivity contribution in [3.8, 4) is 5.75 Å². The molecule has 3 nitrogen and oxygen atoms in total. The second-order valence-corrected chi connectivity index (χ2v) is 3.70. The van der Waals surface area contributed by atoms with Gasteiger partial charge in [-0.3, -0.25) is 9.78 Å². The predicted octanol–water partition coefficient (Wildman–Crippen LogP) is 2.39. The number of carbonyl (C=O) groups is 1. The monoisotopic (exact) mass is 205 g/mol. The second-order valence-electron chi connectivity index (χ2n) is 3.70. The fourth-order valence-corrected chi connectivity index (χ4v) is 1.95. The molecular weight excluding hydrogens is 190 g/mol. The Morgan fingerprint density at radius 2 is 2.20 bits per heavy atom. The lowest BCUT2D eigenvalue weighted by Gasteiger charge is -2.10. The van der Waals surface area contributed by atoms with Crippen LogP contribution in [0.3, 0.4) is 0 Å². The fraction of sp³-hybridized carbons (Fsp3) is 0.500. The molecule has 0 atom stereocenters. The van der Waals surface area contributed by atoms with E-state index in [1.165, 1.54) is 0 Å². The Morgan fingerprint density at radius 1 is 1.40 bits per heavy atom. The van der Waals surface area contributed by atoms with Crippen LogP contribution in [0.1, 0.15) is 42.2 Å². The number of rotatable bonds is 2. The normalized spacial score (nSPS) is 15.7. The molecule has 1 aromatic rings. The molecule has 0 saturated heterocycles. The average molecular weight is 205 g/mol. The third-order valence-electron chi connectivity index (χ3n) is 2.66. The number of Topliss-reactive ketones (excluding diaryl/α,β-unsaturated/α-hetero) is 1. The summed E-state index contributed by atoms with van der Waals surface area (Å²) < 4.78 is 5.52. The first-order valence-electron chi connectivity index (χ1n) is 5.46. The quantitative estimate of drug-likeness (QED) is 0.696. The largest absolute Gasteiger partial charge is 0.493 e. The van der Waals surface area contributed by atoms with Crippen LogP contribution in [-0.4, -0.2) is 17.4 Å². The highest BCUT2D eigenvalue weighted by atomic mass is 16.5. The summed E-state index contributed by atoms with van der Waals surface area (Å²) in [4.78, 5) is 15.9. The van der Waals surface area contributed by atoms with Crippen LogP contribution in [0.4, 0.5) is 0 Å². The van der Waals surface area contributed by atoms with Crippen molar-refractivity contribution in [1.82, 2.24) is 4.98 Å². The van der Waals surface area contributed by atoms with Gasteiger partial charge in [0.05, 0.1) is 6.61 Å². The maximum atomic E-state index is 11.7. The number of ether oxygens (including phenoxy) is 1. The molecular formula is C12H15NO2. The predicted molar refractivity (Wildman–Crippen MR) is 57.3 cm³/mol. The molecule has 0 aromatic carbocycles. The zero-order chi connectivity index (χ0) is 10.7. The minimum atomic E-state index is 0.157. The van der Waals surface area contributed by atoms with E-state index in [9.17, 15) is 4.79 Å². The van der Waals surface area contributed by atoms with Crippen molar-refractivity contribution in [2.24, 2.45) is 0 Å². The fourth-order valence-electron chi connectivity index (χ4n) is 1.95. The SMILES string of the molecule is CCOc1ccnc2c1CCCCC2=O. The van der Waals surface area contributed by atoms with Crippen LogP contribution >= 0.6 is 0 Å². The summed E-state index contributed by atoms with van der Waals surface area (Å²) >= 11 is 0. The number of carbonyl (C=O) groups excluding carboxylic acids is 1. The summed E-state index contributed by atoms with van der Waals surface area (Å²) in [7, 11) is 0. The topological polar surface area (TPSA) is 39.2 Å².